The number of aromatic nitrogens is 3. The number of aryl methyl sites for hydroxylation is 1. The minimum absolute atomic E-state index is 0.0289. The second kappa shape index (κ2) is 8.28. The zero-order valence-corrected chi connectivity index (χ0v) is 14.3. The van der Waals surface area contributed by atoms with Gasteiger partial charge in [-0.15, -0.1) is 0 Å². The first-order valence-electron chi connectivity index (χ1n) is 8.30. The van der Waals surface area contributed by atoms with Crippen molar-refractivity contribution in [1.29, 1.82) is 0 Å². The minimum atomic E-state index is 0.0289. The maximum absolute atomic E-state index is 5.89. The molecule has 0 radical (unpaired) electrons. The first-order chi connectivity index (χ1) is 11.7. The van der Waals surface area contributed by atoms with E-state index in [1.807, 2.05) is 25.5 Å². The Morgan fingerprint density at radius 2 is 2.04 bits per heavy atom. The van der Waals surface area contributed by atoms with E-state index in [-0.39, 0.29) is 6.10 Å². The van der Waals surface area contributed by atoms with Crippen molar-refractivity contribution in [2.24, 2.45) is 0 Å². The van der Waals surface area contributed by atoms with E-state index in [0.717, 1.165) is 48.7 Å². The Morgan fingerprint density at radius 3 is 2.75 bits per heavy atom. The van der Waals surface area contributed by atoms with Crippen molar-refractivity contribution in [3.05, 3.63) is 53.4 Å². The molecule has 6 heteroatoms. The SMILES string of the molecule is COCCc1ncc(CN2CCO[C@H](c3ccc(C)cn3)C2)cn1. The van der Waals surface area contributed by atoms with Gasteiger partial charge in [0.1, 0.15) is 11.9 Å². The molecule has 1 fully saturated rings. The van der Waals surface area contributed by atoms with Gasteiger partial charge < -0.3 is 9.47 Å². The maximum atomic E-state index is 5.89. The Morgan fingerprint density at radius 1 is 1.21 bits per heavy atom. The Balaban J connectivity index is 1.57. The number of nitrogens with zero attached hydrogens (tertiary/aromatic N) is 4. The van der Waals surface area contributed by atoms with E-state index in [4.69, 9.17) is 9.47 Å². The van der Waals surface area contributed by atoms with Crippen LogP contribution in [0, 0.1) is 6.92 Å². The third-order valence-electron chi connectivity index (χ3n) is 4.11. The maximum Gasteiger partial charge on any atom is 0.130 e. The summed E-state index contributed by atoms with van der Waals surface area (Å²) in [5, 5.41) is 0. The summed E-state index contributed by atoms with van der Waals surface area (Å²) in [7, 11) is 1.69. The van der Waals surface area contributed by atoms with Gasteiger partial charge >= 0.3 is 0 Å². The third kappa shape index (κ3) is 4.56. The summed E-state index contributed by atoms with van der Waals surface area (Å²) < 4.78 is 10.9. The van der Waals surface area contributed by atoms with Gasteiger partial charge in [-0.1, -0.05) is 6.07 Å². The molecule has 3 heterocycles. The second-order valence-corrected chi connectivity index (χ2v) is 6.11. The van der Waals surface area contributed by atoms with Crippen molar-refractivity contribution in [2.75, 3.05) is 33.4 Å². The molecule has 24 heavy (non-hydrogen) atoms. The molecule has 0 N–H and O–H groups in total. The zero-order valence-electron chi connectivity index (χ0n) is 14.3. The predicted octanol–water partition coefficient (Wildman–Crippen LogP) is 1.94. The van der Waals surface area contributed by atoms with Gasteiger partial charge in [0, 0.05) is 57.3 Å². The van der Waals surface area contributed by atoms with E-state index in [1.54, 1.807) is 7.11 Å². The molecule has 0 unspecified atom stereocenters. The van der Waals surface area contributed by atoms with Crippen LogP contribution in [0.25, 0.3) is 0 Å². The number of rotatable bonds is 6. The van der Waals surface area contributed by atoms with Crippen molar-refractivity contribution in [3.8, 4) is 0 Å². The molecule has 0 spiro atoms. The van der Waals surface area contributed by atoms with Crippen LogP contribution in [0.5, 0.6) is 0 Å². The molecule has 0 bridgehead atoms. The second-order valence-electron chi connectivity index (χ2n) is 6.11. The van der Waals surface area contributed by atoms with E-state index in [9.17, 15) is 0 Å². The van der Waals surface area contributed by atoms with Gasteiger partial charge in [-0.3, -0.25) is 9.88 Å². The van der Waals surface area contributed by atoms with Gasteiger partial charge in [0.05, 0.1) is 18.9 Å². The van der Waals surface area contributed by atoms with Crippen molar-refractivity contribution in [2.45, 2.75) is 26.0 Å². The highest BCUT2D eigenvalue weighted by molar-refractivity contribution is 5.15. The standard InChI is InChI=1S/C18H24N4O2/c1-14-3-4-16(19-9-14)17-13-22(6-8-24-17)12-15-10-20-18(21-11-15)5-7-23-2/h3-4,9-11,17H,5-8,12-13H2,1-2H3/t17-/m0/s1. The summed E-state index contributed by atoms with van der Waals surface area (Å²) in [5.41, 5.74) is 3.28. The van der Waals surface area contributed by atoms with E-state index < -0.39 is 0 Å². The van der Waals surface area contributed by atoms with Crippen LogP contribution in [-0.2, 0) is 22.4 Å². The normalized spacial score (nSPS) is 18.7. The van der Waals surface area contributed by atoms with Crippen molar-refractivity contribution in [1.82, 2.24) is 19.9 Å². The van der Waals surface area contributed by atoms with Crippen LogP contribution < -0.4 is 0 Å². The first kappa shape index (κ1) is 17.0. The molecular weight excluding hydrogens is 304 g/mol. The lowest BCUT2D eigenvalue weighted by molar-refractivity contribution is -0.0350. The number of hydrogen-bond acceptors (Lipinski definition) is 6. The average molecular weight is 328 g/mol. The number of methoxy groups -OCH3 is 1. The van der Waals surface area contributed by atoms with Crippen LogP contribution in [0.3, 0.4) is 0 Å². The molecular formula is C18H24N4O2. The van der Waals surface area contributed by atoms with E-state index in [2.05, 4.69) is 32.0 Å². The quantitative estimate of drug-likeness (QED) is 0.808. The number of pyridine rings is 1. The molecule has 0 amide bonds. The monoisotopic (exact) mass is 328 g/mol. The van der Waals surface area contributed by atoms with Gasteiger partial charge in [0.15, 0.2) is 0 Å². The smallest absolute Gasteiger partial charge is 0.130 e. The molecule has 1 aliphatic rings. The lowest BCUT2D eigenvalue weighted by atomic mass is 10.1. The fraction of sp³-hybridized carbons (Fsp3) is 0.500. The summed E-state index contributed by atoms with van der Waals surface area (Å²) in [5.74, 6) is 0.823. The van der Waals surface area contributed by atoms with Crippen molar-refractivity contribution >= 4 is 0 Å². The van der Waals surface area contributed by atoms with Crippen molar-refractivity contribution in [3.63, 3.8) is 0 Å². The van der Waals surface area contributed by atoms with Gasteiger partial charge in [0.2, 0.25) is 0 Å². The molecule has 0 aliphatic carbocycles. The molecule has 0 saturated carbocycles. The summed E-state index contributed by atoms with van der Waals surface area (Å²) in [6.07, 6.45) is 6.49. The lowest BCUT2D eigenvalue weighted by Crippen LogP contribution is -2.38. The molecule has 1 saturated heterocycles. The molecule has 1 aliphatic heterocycles. The van der Waals surface area contributed by atoms with Crippen molar-refractivity contribution < 1.29 is 9.47 Å². The molecule has 6 nitrogen and oxygen atoms in total. The Bertz CT molecular complexity index is 630. The molecule has 2 aromatic heterocycles. The van der Waals surface area contributed by atoms with Crippen LogP contribution >= 0.6 is 0 Å². The third-order valence-corrected chi connectivity index (χ3v) is 4.11. The Kier molecular flexibility index (Phi) is 5.85. The summed E-state index contributed by atoms with van der Waals surface area (Å²) in [4.78, 5) is 15.7. The molecule has 3 rings (SSSR count). The highest BCUT2D eigenvalue weighted by Crippen LogP contribution is 2.21. The fourth-order valence-corrected chi connectivity index (χ4v) is 2.74. The summed E-state index contributed by atoms with van der Waals surface area (Å²) in [6.45, 7) is 5.98. The number of ether oxygens (including phenoxy) is 2. The van der Waals surface area contributed by atoms with Gasteiger partial charge in [-0.25, -0.2) is 9.97 Å². The molecule has 0 aromatic carbocycles. The van der Waals surface area contributed by atoms with Gasteiger partial charge in [-0.2, -0.15) is 0 Å². The topological polar surface area (TPSA) is 60.4 Å². The van der Waals surface area contributed by atoms with Crippen LogP contribution in [0.4, 0.5) is 0 Å². The lowest BCUT2D eigenvalue weighted by Gasteiger charge is -2.32. The number of morpholine rings is 1. The molecule has 1 atom stereocenters. The Labute approximate surface area is 142 Å². The number of hydrogen-bond donors (Lipinski definition) is 0. The first-order valence-corrected chi connectivity index (χ1v) is 8.30. The van der Waals surface area contributed by atoms with Gasteiger partial charge in [0.25, 0.3) is 0 Å². The van der Waals surface area contributed by atoms with Crippen LogP contribution in [-0.4, -0.2) is 53.3 Å². The van der Waals surface area contributed by atoms with E-state index >= 15 is 0 Å². The van der Waals surface area contributed by atoms with E-state index in [0.29, 0.717) is 13.2 Å². The molecule has 128 valence electrons. The predicted molar refractivity (Wildman–Crippen MR) is 90.6 cm³/mol. The fourth-order valence-electron chi connectivity index (χ4n) is 2.74. The minimum Gasteiger partial charge on any atom is -0.384 e. The Hall–Kier alpha value is -1.89. The largest absolute Gasteiger partial charge is 0.384 e. The highest BCUT2D eigenvalue weighted by Gasteiger charge is 2.23. The van der Waals surface area contributed by atoms with Crippen LogP contribution in [0.2, 0.25) is 0 Å². The summed E-state index contributed by atoms with van der Waals surface area (Å²) >= 11 is 0. The highest BCUT2D eigenvalue weighted by atomic mass is 16.5. The zero-order chi connectivity index (χ0) is 16.8. The van der Waals surface area contributed by atoms with E-state index in [1.165, 1.54) is 0 Å². The van der Waals surface area contributed by atoms with Gasteiger partial charge in [-0.05, 0) is 18.6 Å². The summed E-state index contributed by atoms with van der Waals surface area (Å²) in [6, 6.07) is 4.13. The average Bonchev–Trinajstić information content (AvgIpc) is 2.62. The van der Waals surface area contributed by atoms with Crippen LogP contribution in [0.15, 0.2) is 30.7 Å². The van der Waals surface area contributed by atoms with Crippen LogP contribution in [0.1, 0.15) is 28.7 Å². The molecule has 2 aromatic rings.